The molecule has 0 radical (unpaired) electrons. The number of nitrogens with zero attached hydrogens (tertiary/aromatic N) is 2. The summed E-state index contributed by atoms with van der Waals surface area (Å²) in [6.45, 7) is 6.25. The Kier molecular flexibility index (Phi) is 8.17. The number of nitriles is 1. The van der Waals surface area contributed by atoms with Gasteiger partial charge in [-0.15, -0.1) is 0 Å². The average molecular weight is 575 g/mol. The maximum absolute atomic E-state index is 12.8. The van der Waals surface area contributed by atoms with Crippen molar-refractivity contribution in [2.24, 2.45) is 0 Å². The number of amides is 1. The molecule has 0 bridgehead atoms. The largest absolute Gasteiger partial charge is 0.489 e. The van der Waals surface area contributed by atoms with Gasteiger partial charge in [-0.1, -0.05) is 45.7 Å². The van der Waals surface area contributed by atoms with E-state index in [-0.39, 0.29) is 5.57 Å². The van der Waals surface area contributed by atoms with Gasteiger partial charge in [-0.05, 0) is 98.1 Å². The van der Waals surface area contributed by atoms with Gasteiger partial charge < -0.3 is 14.6 Å². The van der Waals surface area contributed by atoms with Crippen molar-refractivity contribution in [3.63, 3.8) is 0 Å². The van der Waals surface area contributed by atoms with E-state index in [0.29, 0.717) is 17.3 Å². The summed E-state index contributed by atoms with van der Waals surface area (Å²) in [7, 11) is 0. The van der Waals surface area contributed by atoms with Crippen LogP contribution in [0.25, 0.3) is 11.8 Å². The molecule has 3 aromatic carbocycles. The van der Waals surface area contributed by atoms with Crippen LogP contribution < -0.4 is 10.1 Å². The molecule has 0 atom stereocenters. The van der Waals surface area contributed by atoms with E-state index in [1.54, 1.807) is 24.3 Å². The number of halogens is 2. The van der Waals surface area contributed by atoms with Crippen LogP contribution in [0, 0.1) is 32.1 Å². The van der Waals surface area contributed by atoms with Crippen LogP contribution >= 0.6 is 27.5 Å². The topological polar surface area (TPSA) is 67.0 Å². The molecule has 0 fully saturated rings. The summed E-state index contributed by atoms with van der Waals surface area (Å²) in [5.41, 5.74) is 6.07. The molecule has 1 amide bonds. The van der Waals surface area contributed by atoms with Gasteiger partial charge >= 0.3 is 0 Å². The van der Waals surface area contributed by atoms with Crippen molar-refractivity contribution < 1.29 is 9.53 Å². The summed E-state index contributed by atoms with van der Waals surface area (Å²) in [6.07, 6.45) is 1.61. The number of aromatic nitrogens is 1. The van der Waals surface area contributed by atoms with Crippen LogP contribution in [0.1, 0.15) is 28.1 Å². The lowest BCUT2D eigenvalue weighted by Gasteiger charge is -2.12. The highest BCUT2D eigenvalue weighted by Gasteiger charge is 2.15. The van der Waals surface area contributed by atoms with Crippen LogP contribution in [-0.2, 0) is 11.4 Å². The predicted octanol–water partition coefficient (Wildman–Crippen LogP) is 7.94. The van der Waals surface area contributed by atoms with Crippen molar-refractivity contribution in [1.82, 2.24) is 4.57 Å². The molecule has 0 aliphatic rings. The first-order valence-corrected chi connectivity index (χ1v) is 12.8. The molecule has 5 nitrogen and oxygen atoms in total. The fraction of sp³-hybridized carbons (Fsp3) is 0.133. The minimum Gasteiger partial charge on any atom is -0.489 e. The number of hydrogen-bond acceptors (Lipinski definition) is 3. The molecule has 0 saturated carbocycles. The van der Waals surface area contributed by atoms with Crippen molar-refractivity contribution in [3.05, 3.63) is 116 Å². The Labute approximate surface area is 230 Å². The minimum absolute atomic E-state index is 0.0105. The summed E-state index contributed by atoms with van der Waals surface area (Å²) in [6, 6.07) is 25.1. The Morgan fingerprint density at radius 1 is 1.08 bits per heavy atom. The number of carbonyl (C=O) groups is 1. The minimum atomic E-state index is -0.482. The van der Waals surface area contributed by atoms with Crippen LogP contribution in [0.15, 0.2) is 82.8 Å². The normalized spacial score (nSPS) is 11.2. The molecule has 4 aromatic rings. The van der Waals surface area contributed by atoms with Crippen molar-refractivity contribution >= 4 is 45.2 Å². The van der Waals surface area contributed by atoms with Crippen LogP contribution in [-0.4, -0.2) is 10.5 Å². The van der Waals surface area contributed by atoms with Gasteiger partial charge in [-0.25, -0.2) is 0 Å². The maximum atomic E-state index is 12.8. The monoisotopic (exact) mass is 573 g/mol. The third-order valence-corrected chi connectivity index (χ3v) is 7.00. The first kappa shape index (κ1) is 26.3. The quantitative estimate of drug-likeness (QED) is 0.180. The number of hydrogen-bond donors (Lipinski definition) is 1. The molecule has 0 aliphatic carbocycles. The lowest BCUT2D eigenvalue weighted by molar-refractivity contribution is -0.112. The fourth-order valence-corrected chi connectivity index (χ4v) is 4.45. The van der Waals surface area contributed by atoms with E-state index in [2.05, 4.69) is 25.8 Å². The number of ether oxygens (including phenoxy) is 1. The SMILES string of the molecule is Cc1c(Cl)cccc1NC(=O)/C(C#N)=C\c1cc(C)n(-c2ccc(OCc3ccc(Br)cc3)cc2)c1C. The van der Waals surface area contributed by atoms with E-state index in [1.807, 2.05) is 81.4 Å². The summed E-state index contributed by atoms with van der Waals surface area (Å²) < 4.78 is 9.04. The molecular weight excluding hydrogens is 550 g/mol. The van der Waals surface area contributed by atoms with Gasteiger partial charge in [0.05, 0.1) is 0 Å². The number of aryl methyl sites for hydroxylation is 1. The van der Waals surface area contributed by atoms with E-state index >= 15 is 0 Å². The van der Waals surface area contributed by atoms with Gasteiger partial charge in [0.1, 0.15) is 24.0 Å². The van der Waals surface area contributed by atoms with Crippen LogP contribution in [0.2, 0.25) is 5.02 Å². The highest BCUT2D eigenvalue weighted by atomic mass is 79.9. The smallest absolute Gasteiger partial charge is 0.266 e. The van der Waals surface area contributed by atoms with E-state index in [4.69, 9.17) is 16.3 Å². The molecule has 0 spiro atoms. The molecule has 1 aromatic heterocycles. The first-order chi connectivity index (χ1) is 17.8. The Hall–Kier alpha value is -3.79. The highest BCUT2D eigenvalue weighted by molar-refractivity contribution is 9.10. The van der Waals surface area contributed by atoms with E-state index in [9.17, 15) is 10.1 Å². The number of carbonyl (C=O) groups excluding carboxylic acids is 1. The molecule has 186 valence electrons. The molecule has 37 heavy (non-hydrogen) atoms. The predicted molar refractivity (Wildman–Crippen MR) is 152 cm³/mol. The van der Waals surface area contributed by atoms with Gasteiger partial charge in [0.15, 0.2) is 0 Å². The number of nitrogens with one attached hydrogen (secondary N) is 1. The molecule has 1 N–H and O–H groups in total. The summed E-state index contributed by atoms with van der Waals surface area (Å²) in [5.74, 6) is 0.291. The second-order valence-electron chi connectivity index (χ2n) is 8.61. The van der Waals surface area contributed by atoms with Crippen molar-refractivity contribution in [2.45, 2.75) is 27.4 Å². The van der Waals surface area contributed by atoms with Gasteiger partial charge in [0.2, 0.25) is 0 Å². The second-order valence-corrected chi connectivity index (χ2v) is 9.93. The zero-order valence-corrected chi connectivity index (χ0v) is 23.0. The second kappa shape index (κ2) is 11.5. The van der Waals surface area contributed by atoms with Crippen LogP contribution in [0.5, 0.6) is 5.75 Å². The fourth-order valence-electron chi connectivity index (χ4n) is 4.01. The summed E-state index contributed by atoms with van der Waals surface area (Å²) in [4.78, 5) is 12.8. The zero-order chi connectivity index (χ0) is 26.5. The van der Waals surface area contributed by atoms with E-state index in [1.165, 1.54) is 0 Å². The van der Waals surface area contributed by atoms with Gasteiger partial charge in [0.25, 0.3) is 5.91 Å². The van der Waals surface area contributed by atoms with Crippen molar-refractivity contribution in [3.8, 4) is 17.5 Å². The Bertz CT molecular complexity index is 1510. The molecule has 4 rings (SSSR count). The van der Waals surface area contributed by atoms with Crippen molar-refractivity contribution in [2.75, 3.05) is 5.32 Å². The molecule has 7 heteroatoms. The summed E-state index contributed by atoms with van der Waals surface area (Å²) in [5, 5.41) is 13.0. The molecular formula is C30H25BrClN3O2. The number of anilines is 1. The number of rotatable bonds is 7. The maximum Gasteiger partial charge on any atom is 0.266 e. The van der Waals surface area contributed by atoms with Crippen LogP contribution in [0.3, 0.4) is 0 Å². The van der Waals surface area contributed by atoms with Gasteiger partial charge in [-0.3, -0.25) is 4.79 Å². The molecule has 1 heterocycles. The summed E-state index contributed by atoms with van der Waals surface area (Å²) >= 11 is 9.60. The van der Waals surface area contributed by atoms with Gasteiger partial charge in [-0.2, -0.15) is 5.26 Å². The van der Waals surface area contributed by atoms with E-state index < -0.39 is 5.91 Å². The first-order valence-electron chi connectivity index (χ1n) is 11.6. The lowest BCUT2D eigenvalue weighted by atomic mass is 10.1. The Morgan fingerprint density at radius 3 is 2.46 bits per heavy atom. The molecule has 0 unspecified atom stereocenters. The van der Waals surface area contributed by atoms with Crippen molar-refractivity contribution in [1.29, 1.82) is 5.26 Å². The van der Waals surface area contributed by atoms with Gasteiger partial charge in [0, 0.05) is 32.3 Å². The Morgan fingerprint density at radius 2 is 1.78 bits per heavy atom. The average Bonchev–Trinajstić information content (AvgIpc) is 3.17. The number of benzene rings is 3. The third kappa shape index (κ3) is 6.14. The lowest BCUT2D eigenvalue weighted by Crippen LogP contribution is -2.14. The standard InChI is InChI=1S/C30H25BrClN3O2/c1-19-15-23(16-24(17-33)30(36)34-29-6-4-5-28(32)20(29)2)21(3)35(19)26-11-13-27(14-12-26)37-18-22-7-9-25(31)10-8-22/h4-16H,18H2,1-3H3,(H,34,36)/b24-16-. The highest BCUT2D eigenvalue weighted by Crippen LogP contribution is 2.26. The molecule has 0 aliphatic heterocycles. The molecule has 0 saturated heterocycles. The zero-order valence-electron chi connectivity index (χ0n) is 20.7. The third-order valence-electron chi connectivity index (χ3n) is 6.06. The van der Waals surface area contributed by atoms with Crippen LogP contribution in [0.4, 0.5) is 5.69 Å². The Balaban J connectivity index is 1.52. The van der Waals surface area contributed by atoms with E-state index in [0.717, 1.165) is 44.0 Å².